The Morgan fingerprint density at radius 1 is 0.844 bits per heavy atom. The molecule has 5 aliphatic rings. The summed E-state index contributed by atoms with van der Waals surface area (Å²) in [5.41, 5.74) is 1.33. The molecule has 5 N–H and O–H groups in total. The number of allylic oxidation sites excluding steroid dienone is 2. The summed E-state index contributed by atoms with van der Waals surface area (Å²) < 4.78 is 101. The van der Waals surface area contributed by atoms with E-state index in [0.29, 0.717) is 102 Å². The van der Waals surface area contributed by atoms with Gasteiger partial charge < -0.3 is 44.8 Å². The van der Waals surface area contributed by atoms with Gasteiger partial charge in [-0.2, -0.15) is 26.3 Å². The molecule has 8 rings (SSSR count). The van der Waals surface area contributed by atoms with Crippen LogP contribution >= 0.6 is 0 Å². The highest BCUT2D eigenvalue weighted by Gasteiger charge is 2.54. The highest BCUT2D eigenvalue weighted by Crippen LogP contribution is 2.45. The number of carbonyl (C=O) groups excluding carboxylic acids is 3. The molecule has 2 unspecified atom stereocenters. The van der Waals surface area contributed by atoms with E-state index >= 15 is 0 Å². The first-order chi connectivity index (χ1) is 36.7. The fourth-order valence-electron chi connectivity index (χ4n) is 11.1. The molecule has 16 nitrogen and oxygen atoms in total. The molecule has 22 heteroatoms. The van der Waals surface area contributed by atoms with Crippen molar-refractivity contribution in [2.24, 2.45) is 0 Å². The maximum absolute atomic E-state index is 13.6. The number of aliphatic hydroxyl groups excluding tert-OH is 1. The van der Waals surface area contributed by atoms with Crippen LogP contribution < -0.4 is 16.0 Å². The van der Waals surface area contributed by atoms with Gasteiger partial charge in [0.1, 0.15) is 11.9 Å². The number of urea groups is 1. The topological polar surface area (TPSA) is 177 Å². The third kappa shape index (κ3) is 14.1. The van der Waals surface area contributed by atoms with Gasteiger partial charge in [0.25, 0.3) is 0 Å². The average Bonchev–Trinajstić information content (AvgIpc) is 3.90. The quantitative estimate of drug-likeness (QED) is 0.0202. The molecule has 3 aliphatic heterocycles. The number of nitrogens with one attached hydrogen (secondary N) is 4. The van der Waals surface area contributed by atoms with Crippen molar-refractivity contribution in [3.63, 3.8) is 0 Å². The molecule has 1 saturated carbocycles. The van der Waals surface area contributed by atoms with Gasteiger partial charge in [0, 0.05) is 100 Å². The molecular formula is C55H71F6N9O7. The number of ether oxygens (including phenoxy) is 3. The molecule has 4 amide bonds. The van der Waals surface area contributed by atoms with Gasteiger partial charge in [0.2, 0.25) is 11.8 Å². The van der Waals surface area contributed by atoms with Gasteiger partial charge in [-0.15, -0.1) is 0 Å². The van der Waals surface area contributed by atoms with E-state index in [1.54, 1.807) is 23.8 Å². The monoisotopic (exact) mass is 1080 g/mol. The number of alkyl halides is 6. The Kier molecular flexibility index (Phi) is 18.6. The van der Waals surface area contributed by atoms with Crippen molar-refractivity contribution in [2.45, 2.75) is 120 Å². The van der Waals surface area contributed by atoms with E-state index in [0.717, 1.165) is 80.1 Å². The molecule has 1 aromatic heterocycles. The van der Waals surface area contributed by atoms with Gasteiger partial charge in [-0.1, -0.05) is 30.3 Å². The number of rotatable bonds is 23. The normalized spacial score (nSPS) is 23.1. The molecule has 2 aromatic carbocycles. The number of amides is 4. The number of anilines is 2. The SMILES string of the molecule is C[C@H](Nc1cc(C(F)(F)F)cc(C(F)(F)F)c1)Nc1c(C=N)c(-c2ccc(CN3CCN(CCOCCOCCOCCCC4=CCC5(C)C(=C4)N(C)C(=O)N5C4CCC(=O)NC4=O)CC3)cc2)cn1C1CCC(O)CC1. The van der Waals surface area contributed by atoms with E-state index in [2.05, 4.69) is 44.0 Å². The Balaban J connectivity index is 0.725. The molecule has 0 bridgehead atoms. The van der Waals surface area contributed by atoms with Crippen LogP contribution in [0, 0.1) is 5.41 Å². The minimum absolute atomic E-state index is 0.0647. The summed E-state index contributed by atoms with van der Waals surface area (Å²) in [6.07, 6.45) is 1.14. The Labute approximate surface area is 445 Å². The molecule has 4 heterocycles. The maximum Gasteiger partial charge on any atom is 0.416 e. The maximum atomic E-state index is 13.6. The van der Waals surface area contributed by atoms with Gasteiger partial charge in [0.15, 0.2) is 0 Å². The van der Waals surface area contributed by atoms with E-state index in [-0.39, 0.29) is 36.2 Å². The van der Waals surface area contributed by atoms with Gasteiger partial charge >= 0.3 is 18.4 Å². The number of nitrogens with zero attached hydrogens (tertiary/aromatic N) is 5. The molecule has 0 radical (unpaired) electrons. The summed E-state index contributed by atoms with van der Waals surface area (Å²) in [5, 5.41) is 27.1. The lowest BCUT2D eigenvalue weighted by Gasteiger charge is -2.41. The summed E-state index contributed by atoms with van der Waals surface area (Å²) >= 11 is 0. The predicted octanol–water partition coefficient (Wildman–Crippen LogP) is 8.63. The van der Waals surface area contributed by atoms with Crippen molar-refractivity contribution in [1.29, 1.82) is 5.41 Å². The van der Waals surface area contributed by atoms with Crippen molar-refractivity contribution in [3.8, 4) is 11.1 Å². The van der Waals surface area contributed by atoms with Gasteiger partial charge in [-0.25, -0.2) is 4.79 Å². The lowest BCUT2D eigenvalue weighted by molar-refractivity contribution is -0.143. The number of aliphatic hydroxyl groups is 1. The number of hydrogen-bond acceptors (Lipinski definition) is 12. The Morgan fingerprint density at radius 2 is 1.47 bits per heavy atom. The third-order valence-electron chi connectivity index (χ3n) is 15.3. The van der Waals surface area contributed by atoms with Crippen LogP contribution in [0.2, 0.25) is 0 Å². The van der Waals surface area contributed by atoms with Crippen molar-refractivity contribution in [2.75, 3.05) is 90.0 Å². The van der Waals surface area contributed by atoms with Gasteiger partial charge in [-0.3, -0.25) is 29.6 Å². The van der Waals surface area contributed by atoms with Crippen molar-refractivity contribution in [1.82, 2.24) is 29.5 Å². The van der Waals surface area contributed by atoms with Crippen LogP contribution in [0.4, 0.5) is 42.6 Å². The number of likely N-dealkylation sites (N-methyl/N-ethyl adjacent to an activating group) is 1. The smallest absolute Gasteiger partial charge is 0.393 e. The Hall–Kier alpha value is -5.78. The zero-order valence-corrected chi connectivity index (χ0v) is 43.9. The predicted molar refractivity (Wildman–Crippen MR) is 278 cm³/mol. The molecule has 2 aliphatic carbocycles. The van der Waals surface area contributed by atoms with E-state index < -0.39 is 53.2 Å². The zero-order chi connectivity index (χ0) is 55.1. The average molecular weight is 1080 g/mol. The number of hydrogen-bond donors (Lipinski definition) is 5. The van der Waals surface area contributed by atoms with E-state index in [1.807, 2.05) is 35.9 Å². The van der Waals surface area contributed by atoms with Gasteiger partial charge in [-0.05, 0) is 106 Å². The fourth-order valence-corrected chi connectivity index (χ4v) is 11.1. The summed E-state index contributed by atoms with van der Waals surface area (Å²) in [7, 11) is 1.73. The first-order valence-electron chi connectivity index (χ1n) is 26.6. The van der Waals surface area contributed by atoms with Crippen LogP contribution in [-0.4, -0.2) is 157 Å². The number of benzene rings is 2. The highest BCUT2D eigenvalue weighted by molar-refractivity contribution is 6.02. The molecule has 4 fully saturated rings. The second kappa shape index (κ2) is 24.9. The Morgan fingerprint density at radius 3 is 2.09 bits per heavy atom. The van der Waals surface area contributed by atoms with Crippen LogP contribution in [0.15, 0.2) is 72.1 Å². The largest absolute Gasteiger partial charge is 0.416 e. The number of imide groups is 1. The molecule has 3 saturated heterocycles. The molecule has 420 valence electrons. The number of carbonyl (C=O) groups is 3. The minimum atomic E-state index is -4.99. The molecular weight excluding hydrogens is 1010 g/mol. The number of piperazine rings is 1. The first-order valence-corrected chi connectivity index (χ1v) is 26.6. The van der Waals surface area contributed by atoms with Crippen molar-refractivity contribution in [3.05, 3.63) is 94.3 Å². The van der Waals surface area contributed by atoms with E-state index in [4.69, 9.17) is 19.6 Å². The molecule has 77 heavy (non-hydrogen) atoms. The van der Waals surface area contributed by atoms with Gasteiger partial charge in [0.05, 0.1) is 62.0 Å². The van der Waals surface area contributed by atoms with Crippen LogP contribution in [0.1, 0.15) is 99.9 Å². The summed E-state index contributed by atoms with van der Waals surface area (Å²) in [4.78, 5) is 45.7. The number of halogens is 6. The second-order valence-electron chi connectivity index (χ2n) is 20.8. The number of fused-ring (bicyclic) bond motifs is 1. The fraction of sp³-hybridized carbons (Fsp3) is 0.564. The third-order valence-corrected chi connectivity index (χ3v) is 15.3. The first kappa shape index (κ1) is 57.4. The molecule has 0 spiro atoms. The molecule has 3 aromatic rings. The summed E-state index contributed by atoms with van der Waals surface area (Å²) in [6, 6.07) is 8.51. The van der Waals surface area contributed by atoms with Crippen LogP contribution in [0.5, 0.6) is 0 Å². The molecule has 3 atom stereocenters. The number of aromatic nitrogens is 1. The van der Waals surface area contributed by atoms with Crippen LogP contribution in [-0.2, 0) is 42.7 Å². The zero-order valence-electron chi connectivity index (χ0n) is 43.9. The lowest BCUT2D eigenvalue weighted by Crippen LogP contribution is -2.59. The van der Waals surface area contributed by atoms with Crippen LogP contribution in [0.25, 0.3) is 11.1 Å². The van der Waals surface area contributed by atoms with Crippen molar-refractivity contribution < 1.29 is 60.0 Å². The standard InChI is InChI=1S/C55H71F6N9O7/c1-36(63-42-31-40(54(56,57)58)30-41(32-42)55(59,60)61)64-50-45(33-62)46(35-69(50)43-10-12-44(71)13-11-43)39-8-6-38(7-9-39)34-68-20-18-67(19-21-68)22-24-76-26-28-77-27-25-75-23-4-5-37-16-17-53(2)48(29-37)66(3)52(74)70(53)47-14-15-49(72)65-51(47)73/h6-9,16,29-33,35-36,43-44,47,62-64,71H,4-5,10-15,17-28,34H2,1-3H3,(H,65,72,73)/t36-,43?,44?,47?,53?/m1/s1. The van der Waals surface area contributed by atoms with E-state index in [1.165, 1.54) is 6.21 Å². The summed E-state index contributed by atoms with van der Waals surface area (Å²) in [5.74, 6) is -0.238. The Bertz CT molecular complexity index is 2590. The minimum Gasteiger partial charge on any atom is -0.393 e. The van der Waals surface area contributed by atoms with E-state index in [9.17, 15) is 45.8 Å². The van der Waals surface area contributed by atoms with Crippen molar-refractivity contribution >= 4 is 35.6 Å². The highest BCUT2D eigenvalue weighted by atomic mass is 19.4. The number of piperidine rings is 1. The summed E-state index contributed by atoms with van der Waals surface area (Å²) in [6.45, 7) is 11.8. The second-order valence-corrected chi connectivity index (χ2v) is 20.8. The lowest BCUT2D eigenvalue weighted by atomic mass is 9.84. The van der Waals surface area contributed by atoms with Crippen LogP contribution in [0.3, 0.4) is 0 Å².